The minimum absolute atomic E-state index is 0.0407. The van der Waals surface area contributed by atoms with E-state index in [2.05, 4.69) is 46.4 Å². The number of nitrogens with zero attached hydrogens (tertiary/aromatic N) is 1. The van der Waals surface area contributed by atoms with Crippen LogP contribution >= 0.6 is 0 Å². The Labute approximate surface area is 105 Å². The molecule has 0 rings (SSSR count). The summed E-state index contributed by atoms with van der Waals surface area (Å²) in [6.45, 7) is 15.7. The van der Waals surface area contributed by atoms with Gasteiger partial charge in [-0.3, -0.25) is 9.69 Å². The molecule has 0 fully saturated rings. The Morgan fingerprint density at radius 2 is 1.59 bits per heavy atom. The first-order chi connectivity index (χ1) is 7.46. The van der Waals surface area contributed by atoms with E-state index in [0.717, 1.165) is 0 Å². The smallest absolute Gasteiger partial charge is 0.322 e. The van der Waals surface area contributed by atoms with E-state index < -0.39 is 6.04 Å². The largest absolute Gasteiger partial charge is 0.463 e. The fourth-order valence-corrected chi connectivity index (χ4v) is 2.05. The molecule has 0 radical (unpaired) electrons. The SMILES string of the molecule is CC(N)C(=O)OCCN(C(C)(C)C)C(C)(C)C. The third-order valence-electron chi connectivity index (χ3n) is 2.55. The first-order valence-corrected chi connectivity index (χ1v) is 6.16. The predicted molar refractivity (Wildman–Crippen MR) is 70.8 cm³/mol. The van der Waals surface area contributed by atoms with Crippen LogP contribution in [0.4, 0.5) is 0 Å². The average molecular weight is 244 g/mol. The van der Waals surface area contributed by atoms with Gasteiger partial charge in [-0.05, 0) is 48.5 Å². The van der Waals surface area contributed by atoms with Crippen LogP contribution < -0.4 is 5.73 Å². The van der Waals surface area contributed by atoms with Crippen LogP contribution in [-0.4, -0.2) is 41.1 Å². The van der Waals surface area contributed by atoms with Crippen molar-refractivity contribution < 1.29 is 9.53 Å². The maximum absolute atomic E-state index is 11.3. The summed E-state index contributed by atoms with van der Waals surface area (Å²) < 4.78 is 5.12. The van der Waals surface area contributed by atoms with E-state index in [9.17, 15) is 4.79 Å². The van der Waals surface area contributed by atoms with E-state index >= 15 is 0 Å². The van der Waals surface area contributed by atoms with Gasteiger partial charge in [0.05, 0.1) is 0 Å². The molecule has 17 heavy (non-hydrogen) atoms. The first kappa shape index (κ1) is 16.4. The van der Waals surface area contributed by atoms with Crippen LogP contribution in [0.25, 0.3) is 0 Å². The zero-order valence-electron chi connectivity index (χ0n) is 12.3. The Morgan fingerprint density at radius 1 is 1.18 bits per heavy atom. The molecule has 0 aromatic rings. The second kappa shape index (κ2) is 5.83. The second-order valence-electron chi connectivity index (χ2n) is 6.45. The number of carbonyl (C=O) groups excluding carboxylic acids is 1. The highest BCUT2D eigenvalue weighted by atomic mass is 16.5. The van der Waals surface area contributed by atoms with Gasteiger partial charge in [-0.15, -0.1) is 0 Å². The Morgan fingerprint density at radius 3 is 1.88 bits per heavy atom. The van der Waals surface area contributed by atoms with Gasteiger partial charge in [0.15, 0.2) is 0 Å². The summed E-state index contributed by atoms with van der Waals surface area (Å²) in [4.78, 5) is 13.6. The maximum Gasteiger partial charge on any atom is 0.322 e. The van der Waals surface area contributed by atoms with Crippen LogP contribution in [0, 0.1) is 0 Å². The first-order valence-electron chi connectivity index (χ1n) is 6.16. The highest BCUT2D eigenvalue weighted by Crippen LogP contribution is 2.23. The van der Waals surface area contributed by atoms with Crippen molar-refractivity contribution in [1.29, 1.82) is 0 Å². The number of ether oxygens (including phenoxy) is 1. The zero-order valence-corrected chi connectivity index (χ0v) is 12.3. The molecular formula is C13H28N2O2. The van der Waals surface area contributed by atoms with E-state index in [1.807, 2.05) is 0 Å². The summed E-state index contributed by atoms with van der Waals surface area (Å²) in [6.07, 6.45) is 0. The highest BCUT2D eigenvalue weighted by molar-refractivity contribution is 5.74. The molecule has 1 atom stereocenters. The molecule has 4 nitrogen and oxygen atoms in total. The van der Waals surface area contributed by atoms with Crippen molar-refractivity contribution in [2.24, 2.45) is 5.73 Å². The quantitative estimate of drug-likeness (QED) is 0.766. The third kappa shape index (κ3) is 6.03. The standard InChI is InChI=1S/C13H28N2O2/c1-10(14)11(16)17-9-8-15(12(2,3)4)13(5,6)7/h10H,8-9,14H2,1-7H3. The Balaban J connectivity index is 4.36. The molecule has 102 valence electrons. The average Bonchev–Trinajstić information content (AvgIpc) is 2.07. The van der Waals surface area contributed by atoms with Gasteiger partial charge in [0.1, 0.15) is 12.6 Å². The van der Waals surface area contributed by atoms with Crippen molar-refractivity contribution >= 4 is 5.97 Å². The molecule has 0 aromatic heterocycles. The molecule has 2 N–H and O–H groups in total. The maximum atomic E-state index is 11.3. The van der Waals surface area contributed by atoms with E-state index in [0.29, 0.717) is 13.2 Å². The van der Waals surface area contributed by atoms with Crippen molar-refractivity contribution in [2.75, 3.05) is 13.2 Å². The molecule has 0 bridgehead atoms. The number of hydrogen-bond donors (Lipinski definition) is 1. The fraction of sp³-hybridized carbons (Fsp3) is 0.923. The minimum atomic E-state index is -0.548. The van der Waals surface area contributed by atoms with Gasteiger partial charge in [0.2, 0.25) is 0 Å². The topological polar surface area (TPSA) is 55.6 Å². The predicted octanol–water partition coefficient (Wildman–Crippen LogP) is 1.78. The lowest BCUT2D eigenvalue weighted by molar-refractivity contribution is -0.146. The number of rotatable bonds is 4. The van der Waals surface area contributed by atoms with Crippen molar-refractivity contribution in [2.45, 2.75) is 65.6 Å². The molecule has 0 saturated heterocycles. The number of esters is 1. The fourth-order valence-electron chi connectivity index (χ4n) is 2.05. The van der Waals surface area contributed by atoms with Crippen LogP contribution in [-0.2, 0) is 9.53 Å². The van der Waals surface area contributed by atoms with Gasteiger partial charge in [-0.1, -0.05) is 0 Å². The number of carbonyl (C=O) groups is 1. The Hall–Kier alpha value is -0.610. The molecule has 0 aliphatic rings. The summed E-state index contributed by atoms with van der Waals surface area (Å²) in [7, 11) is 0. The van der Waals surface area contributed by atoms with Crippen LogP contribution in [0.3, 0.4) is 0 Å². The molecule has 0 aliphatic heterocycles. The van der Waals surface area contributed by atoms with E-state index in [4.69, 9.17) is 10.5 Å². The van der Waals surface area contributed by atoms with Crippen LogP contribution in [0.2, 0.25) is 0 Å². The molecule has 4 heteroatoms. The lowest BCUT2D eigenvalue weighted by Crippen LogP contribution is -2.54. The van der Waals surface area contributed by atoms with Gasteiger partial charge in [-0.25, -0.2) is 0 Å². The molecule has 0 saturated carbocycles. The van der Waals surface area contributed by atoms with Crippen LogP contribution in [0.15, 0.2) is 0 Å². The molecule has 0 amide bonds. The molecule has 0 heterocycles. The zero-order chi connectivity index (χ0) is 13.9. The summed E-state index contributed by atoms with van der Waals surface area (Å²) >= 11 is 0. The monoisotopic (exact) mass is 244 g/mol. The third-order valence-corrected chi connectivity index (χ3v) is 2.55. The van der Waals surface area contributed by atoms with Crippen LogP contribution in [0.1, 0.15) is 48.5 Å². The van der Waals surface area contributed by atoms with Gasteiger partial charge >= 0.3 is 5.97 Å². The summed E-state index contributed by atoms with van der Waals surface area (Å²) in [5.41, 5.74) is 5.52. The van der Waals surface area contributed by atoms with E-state index in [1.54, 1.807) is 6.92 Å². The van der Waals surface area contributed by atoms with E-state index in [1.165, 1.54) is 0 Å². The Kier molecular flexibility index (Phi) is 5.62. The molecule has 0 aliphatic carbocycles. The molecule has 1 unspecified atom stereocenters. The normalized spacial score (nSPS) is 14.9. The summed E-state index contributed by atoms with van der Waals surface area (Å²) in [5.74, 6) is -0.340. The molecular weight excluding hydrogens is 216 g/mol. The van der Waals surface area contributed by atoms with Gasteiger partial charge in [-0.2, -0.15) is 0 Å². The minimum Gasteiger partial charge on any atom is -0.463 e. The van der Waals surface area contributed by atoms with Crippen molar-refractivity contribution in [3.8, 4) is 0 Å². The number of nitrogens with two attached hydrogens (primary N) is 1. The van der Waals surface area contributed by atoms with Crippen molar-refractivity contribution in [1.82, 2.24) is 4.90 Å². The Bertz CT molecular complexity index is 235. The van der Waals surface area contributed by atoms with E-state index in [-0.39, 0.29) is 17.0 Å². The van der Waals surface area contributed by atoms with Crippen molar-refractivity contribution in [3.05, 3.63) is 0 Å². The molecule has 0 aromatic carbocycles. The van der Waals surface area contributed by atoms with Gasteiger partial charge in [0, 0.05) is 17.6 Å². The highest BCUT2D eigenvalue weighted by Gasteiger charge is 2.31. The summed E-state index contributed by atoms with van der Waals surface area (Å²) in [5, 5.41) is 0. The lowest BCUT2D eigenvalue weighted by atomic mass is 9.96. The second-order valence-corrected chi connectivity index (χ2v) is 6.45. The van der Waals surface area contributed by atoms with Crippen molar-refractivity contribution in [3.63, 3.8) is 0 Å². The number of hydrogen-bond acceptors (Lipinski definition) is 4. The van der Waals surface area contributed by atoms with Crippen LogP contribution in [0.5, 0.6) is 0 Å². The van der Waals surface area contributed by atoms with Gasteiger partial charge in [0.25, 0.3) is 0 Å². The lowest BCUT2D eigenvalue weighted by Gasteiger charge is -2.45. The summed E-state index contributed by atoms with van der Waals surface area (Å²) in [6, 6.07) is -0.548. The van der Waals surface area contributed by atoms with Gasteiger partial charge < -0.3 is 10.5 Å². The molecule has 0 spiro atoms.